The van der Waals surface area contributed by atoms with Crippen LogP contribution in [0.5, 0.6) is 11.5 Å². The molecule has 0 aliphatic rings. The lowest BCUT2D eigenvalue weighted by Crippen LogP contribution is -2.20. The molecule has 8 nitrogen and oxygen atoms in total. The Labute approximate surface area is 172 Å². The Balaban J connectivity index is 1.55. The van der Waals surface area contributed by atoms with Crippen LogP contribution in [0, 0.1) is 0 Å². The van der Waals surface area contributed by atoms with E-state index in [1.807, 2.05) is 31.2 Å². The van der Waals surface area contributed by atoms with Crippen molar-refractivity contribution in [2.75, 3.05) is 19.5 Å². The predicted octanol–water partition coefficient (Wildman–Crippen LogP) is 2.80. The van der Waals surface area contributed by atoms with E-state index < -0.39 is 6.10 Å². The van der Waals surface area contributed by atoms with Gasteiger partial charge in [-0.1, -0.05) is 30.8 Å². The summed E-state index contributed by atoms with van der Waals surface area (Å²) in [6.45, 7) is 1.94. The number of hydrogen-bond donors (Lipinski definition) is 1. The largest absolute Gasteiger partial charge is 0.494 e. The van der Waals surface area contributed by atoms with Gasteiger partial charge < -0.3 is 14.6 Å². The number of tetrazole rings is 1. The number of Topliss-reactive ketones (excluding diaryl/α,β-unsaturated/α-hetero) is 1. The molecule has 0 aliphatic heterocycles. The van der Waals surface area contributed by atoms with E-state index in [4.69, 9.17) is 9.47 Å². The Hall–Kier alpha value is -2.91. The van der Waals surface area contributed by atoms with Crippen molar-refractivity contribution < 1.29 is 19.4 Å². The Morgan fingerprint density at radius 2 is 1.97 bits per heavy atom. The lowest BCUT2D eigenvalue weighted by Gasteiger charge is -2.13. The van der Waals surface area contributed by atoms with E-state index in [1.165, 1.54) is 11.8 Å². The van der Waals surface area contributed by atoms with Gasteiger partial charge in [0.1, 0.15) is 23.8 Å². The molecule has 0 bridgehead atoms. The fourth-order valence-electron chi connectivity index (χ4n) is 2.58. The average molecular weight is 414 g/mol. The van der Waals surface area contributed by atoms with Crippen molar-refractivity contribution in [3.05, 3.63) is 54.1 Å². The van der Waals surface area contributed by atoms with Gasteiger partial charge in [-0.2, -0.15) is 4.68 Å². The molecule has 2 aromatic carbocycles. The molecule has 29 heavy (non-hydrogen) atoms. The molecular formula is C20H22N4O4S. The number of ether oxygens (including phenoxy) is 2. The molecule has 0 fully saturated rings. The summed E-state index contributed by atoms with van der Waals surface area (Å²) in [5, 5.41) is 22.5. The molecular weight excluding hydrogens is 392 g/mol. The summed E-state index contributed by atoms with van der Waals surface area (Å²) in [5.74, 6) is 1.68. The standard InChI is InChI=1S/C20H22N4O4S/c1-3-18(26)14-8-10-16(11-9-14)28-12-15(25)13-29-20-21-22-23-24(20)17-6-4-5-7-19(17)27-2/h4-11,15,25H,3,12-13H2,1-2H3. The highest BCUT2D eigenvalue weighted by Gasteiger charge is 2.15. The van der Waals surface area contributed by atoms with Crippen LogP contribution in [-0.2, 0) is 0 Å². The Kier molecular flexibility index (Phi) is 7.20. The first-order valence-electron chi connectivity index (χ1n) is 9.11. The zero-order valence-corrected chi connectivity index (χ0v) is 17.0. The Morgan fingerprint density at radius 3 is 2.69 bits per heavy atom. The van der Waals surface area contributed by atoms with Gasteiger partial charge in [0.05, 0.1) is 13.2 Å². The van der Waals surface area contributed by atoms with Crippen LogP contribution in [0.1, 0.15) is 23.7 Å². The van der Waals surface area contributed by atoms with Gasteiger partial charge in [-0.05, 0) is 46.8 Å². The van der Waals surface area contributed by atoms with E-state index in [0.29, 0.717) is 34.4 Å². The molecule has 0 saturated carbocycles. The highest BCUT2D eigenvalue weighted by atomic mass is 32.2. The van der Waals surface area contributed by atoms with E-state index >= 15 is 0 Å². The second kappa shape index (κ2) is 10.0. The molecule has 0 aliphatic carbocycles. The number of aliphatic hydroxyl groups excluding tert-OH is 1. The number of rotatable bonds is 10. The molecule has 0 saturated heterocycles. The number of para-hydroxylation sites is 2. The molecule has 152 valence electrons. The van der Waals surface area contributed by atoms with Crippen LogP contribution in [0.4, 0.5) is 0 Å². The summed E-state index contributed by atoms with van der Waals surface area (Å²) in [6, 6.07) is 14.3. The third-order valence-corrected chi connectivity index (χ3v) is 5.16. The number of carbonyl (C=O) groups excluding carboxylic acids is 1. The number of aromatic nitrogens is 4. The van der Waals surface area contributed by atoms with Gasteiger partial charge in [0.2, 0.25) is 5.16 Å². The quantitative estimate of drug-likeness (QED) is 0.399. The maximum Gasteiger partial charge on any atom is 0.214 e. The van der Waals surface area contributed by atoms with E-state index in [0.717, 1.165) is 5.69 Å². The number of aliphatic hydroxyl groups is 1. The van der Waals surface area contributed by atoms with Crippen molar-refractivity contribution in [2.45, 2.75) is 24.6 Å². The maximum atomic E-state index is 11.6. The minimum absolute atomic E-state index is 0.0840. The minimum atomic E-state index is -0.722. The number of hydrogen-bond acceptors (Lipinski definition) is 8. The number of nitrogens with zero attached hydrogens (tertiary/aromatic N) is 4. The van der Waals surface area contributed by atoms with Crippen molar-refractivity contribution in [3.8, 4) is 17.2 Å². The number of thioether (sulfide) groups is 1. The molecule has 1 atom stereocenters. The third kappa shape index (κ3) is 5.33. The van der Waals surface area contributed by atoms with Crippen molar-refractivity contribution in [1.29, 1.82) is 0 Å². The summed E-state index contributed by atoms with van der Waals surface area (Å²) >= 11 is 1.32. The number of benzene rings is 2. The van der Waals surface area contributed by atoms with Crippen LogP contribution >= 0.6 is 11.8 Å². The van der Waals surface area contributed by atoms with Crippen molar-refractivity contribution in [3.63, 3.8) is 0 Å². The smallest absolute Gasteiger partial charge is 0.214 e. The van der Waals surface area contributed by atoms with Crippen LogP contribution in [0.2, 0.25) is 0 Å². The van der Waals surface area contributed by atoms with Gasteiger partial charge in [-0.3, -0.25) is 4.79 Å². The molecule has 3 rings (SSSR count). The Morgan fingerprint density at radius 1 is 1.21 bits per heavy atom. The summed E-state index contributed by atoms with van der Waals surface area (Å²) in [4.78, 5) is 11.6. The van der Waals surface area contributed by atoms with Crippen molar-refractivity contribution in [1.82, 2.24) is 20.2 Å². The van der Waals surface area contributed by atoms with Gasteiger partial charge >= 0.3 is 0 Å². The van der Waals surface area contributed by atoms with Crippen LogP contribution in [-0.4, -0.2) is 56.7 Å². The van der Waals surface area contributed by atoms with Gasteiger partial charge in [-0.25, -0.2) is 0 Å². The zero-order chi connectivity index (χ0) is 20.6. The minimum Gasteiger partial charge on any atom is -0.494 e. The van der Waals surface area contributed by atoms with E-state index in [1.54, 1.807) is 36.1 Å². The second-order valence-corrected chi connectivity index (χ2v) is 7.11. The third-order valence-electron chi connectivity index (χ3n) is 4.10. The highest BCUT2D eigenvalue weighted by Crippen LogP contribution is 2.26. The molecule has 1 N–H and O–H groups in total. The molecule has 1 unspecified atom stereocenters. The Bertz CT molecular complexity index is 946. The average Bonchev–Trinajstić information content (AvgIpc) is 3.24. The fourth-order valence-corrected chi connectivity index (χ4v) is 3.37. The number of carbonyl (C=O) groups is 1. The van der Waals surface area contributed by atoms with Crippen LogP contribution in [0.25, 0.3) is 5.69 Å². The summed E-state index contributed by atoms with van der Waals surface area (Å²) in [6.07, 6.45) is -0.260. The zero-order valence-electron chi connectivity index (χ0n) is 16.2. The predicted molar refractivity (Wildman–Crippen MR) is 109 cm³/mol. The molecule has 0 amide bonds. The summed E-state index contributed by atoms with van der Waals surface area (Å²) in [5.41, 5.74) is 1.37. The molecule has 1 heterocycles. The second-order valence-electron chi connectivity index (χ2n) is 6.12. The van der Waals surface area contributed by atoms with E-state index in [2.05, 4.69) is 15.5 Å². The first-order valence-corrected chi connectivity index (χ1v) is 10.1. The fraction of sp³-hybridized carbons (Fsp3) is 0.300. The van der Waals surface area contributed by atoms with Crippen LogP contribution < -0.4 is 9.47 Å². The topological polar surface area (TPSA) is 99.4 Å². The molecule has 3 aromatic rings. The number of methoxy groups -OCH3 is 1. The summed E-state index contributed by atoms with van der Waals surface area (Å²) < 4.78 is 12.5. The summed E-state index contributed by atoms with van der Waals surface area (Å²) in [7, 11) is 1.59. The first-order chi connectivity index (χ1) is 14.1. The first kappa shape index (κ1) is 20.8. The SMILES string of the molecule is CCC(=O)c1ccc(OCC(O)CSc2nnnn2-c2ccccc2OC)cc1. The highest BCUT2D eigenvalue weighted by molar-refractivity contribution is 7.99. The van der Waals surface area contributed by atoms with E-state index in [9.17, 15) is 9.90 Å². The molecule has 0 radical (unpaired) electrons. The normalized spacial score (nSPS) is 11.8. The van der Waals surface area contributed by atoms with Crippen molar-refractivity contribution >= 4 is 17.5 Å². The molecule has 0 spiro atoms. The number of ketones is 1. The molecule has 9 heteroatoms. The lowest BCUT2D eigenvalue weighted by molar-refractivity contribution is 0.0987. The molecule has 1 aromatic heterocycles. The van der Waals surface area contributed by atoms with Gasteiger partial charge in [0.15, 0.2) is 5.78 Å². The van der Waals surface area contributed by atoms with Crippen molar-refractivity contribution in [2.24, 2.45) is 0 Å². The maximum absolute atomic E-state index is 11.6. The van der Waals surface area contributed by atoms with Crippen LogP contribution in [0.15, 0.2) is 53.7 Å². The van der Waals surface area contributed by atoms with Gasteiger partial charge in [0, 0.05) is 17.7 Å². The van der Waals surface area contributed by atoms with Gasteiger partial charge in [0.25, 0.3) is 0 Å². The van der Waals surface area contributed by atoms with Crippen LogP contribution in [0.3, 0.4) is 0 Å². The lowest BCUT2D eigenvalue weighted by atomic mass is 10.1. The monoisotopic (exact) mass is 414 g/mol. The van der Waals surface area contributed by atoms with E-state index in [-0.39, 0.29) is 12.4 Å². The van der Waals surface area contributed by atoms with Gasteiger partial charge in [-0.15, -0.1) is 5.10 Å².